The number of aryl methyl sites for hydroxylation is 1. The normalized spacial score (nSPS) is 11.3. The van der Waals surface area contributed by atoms with E-state index in [1.165, 1.54) is 5.56 Å². The minimum absolute atomic E-state index is 0.203. The number of carboxylic acid groups (broad SMARTS) is 1. The number of nitrogens with one attached hydrogen (secondary N) is 1. The van der Waals surface area contributed by atoms with Gasteiger partial charge >= 0.3 is 12.1 Å². The second-order valence-corrected chi connectivity index (χ2v) is 8.17. The van der Waals surface area contributed by atoms with E-state index in [-0.39, 0.29) is 5.91 Å². The minimum atomic E-state index is -5.08. The molecule has 4 rings (SSSR count). The highest BCUT2D eigenvalue weighted by atomic mass is 19.4. The number of rotatable bonds is 8. The third-order valence-corrected chi connectivity index (χ3v) is 5.66. The van der Waals surface area contributed by atoms with Crippen molar-refractivity contribution in [1.29, 1.82) is 0 Å². The van der Waals surface area contributed by atoms with Gasteiger partial charge in [0.15, 0.2) is 11.5 Å². The first-order valence-electron chi connectivity index (χ1n) is 11.8. The van der Waals surface area contributed by atoms with Crippen LogP contribution >= 0.6 is 0 Å². The molecule has 0 aliphatic rings. The number of imidazole rings is 1. The largest absolute Gasteiger partial charge is 0.490 e. The summed E-state index contributed by atoms with van der Waals surface area (Å²) in [7, 11) is 0. The van der Waals surface area contributed by atoms with E-state index in [1.54, 1.807) is 18.6 Å². The number of hydrogen-bond donors (Lipinski definition) is 2. The van der Waals surface area contributed by atoms with Crippen LogP contribution in [0.1, 0.15) is 29.9 Å². The van der Waals surface area contributed by atoms with Crippen molar-refractivity contribution in [2.24, 2.45) is 0 Å². The van der Waals surface area contributed by atoms with Crippen molar-refractivity contribution >= 4 is 17.4 Å². The van der Waals surface area contributed by atoms with E-state index in [2.05, 4.69) is 34.1 Å². The molecule has 202 valence electrons. The summed E-state index contributed by atoms with van der Waals surface area (Å²) in [5.41, 5.74) is 3.93. The molecule has 0 unspecified atom stereocenters. The number of alkyl halides is 3. The number of halogens is 3. The number of amides is 1. The fourth-order valence-electron chi connectivity index (χ4n) is 3.60. The molecule has 0 spiro atoms. The summed E-state index contributed by atoms with van der Waals surface area (Å²) in [5, 5.41) is 14.6. The average Bonchev–Trinajstić information content (AvgIpc) is 3.52. The van der Waals surface area contributed by atoms with Gasteiger partial charge in [0.1, 0.15) is 5.69 Å². The maximum absolute atomic E-state index is 12.9. The van der Waals surface area contributed by atoms with Gasteiger partial charge < -0.3 is 15.3 Å². The van der Waals surface area contributed by atoms with Crippen molar-refractivity contribution in [3.05, 3.63) is 66.4 Å². The first-order valence-corrected chi connectivity index (χ1v) is 11.8. The molecule has 13 heteroatoms. The number of hydrogen-bond acceptors (Lipinski definition) is 6. The number of fused-ring (bicyclic) bond motifs is 1. The third-order valence-electron chi connectivity index (χ3n) is 5.66. The molecule has 0 aliphatic carbocycles. The van der Waals surface area contributed by atoms with Crippen LogP contribution < -0.4 is 5.32 Å². The van der Waals surface area contributed by atoms with Crippen LogP contribution in [-0.4, -0.2) is 78.4 Å². The quantitative estimate of drug-likeness (QED) is 0.357. The zero-order valence-electron chi connectivity index (χ0n) is 21.1. The van der Waals surface area contributed by atoms with Crippen molar-refractivity contribution in [1.82, 2.24) is 34.4 Å². The smallest absolute Gasteiger partial charge is 0.475 e. The Balaban J connectivity index is 0.000000505. The molecule has 3 aromatic heterocycles. The molecule has 4 aromatic rings. The Bertz CT molecular complexity index is 1380. The van der Waals surface area contributed by atoms with Crippen molar-refractivity contribution in [3.63, 3.8) is 0 Å². The van der Waals surface area contributed by atoms with Crippen LogP contribution in [0.4, 0.5) is 13.2 Å². The standard InChI is InChI=1S/C23H27N7O.C2HF3O2/c1-4-28(5-2)14-13-25-23(31)21-20-16-24-12-15-29(20)22(27-21)19-10-11-26-30(19)18-8-6-17(3)7-9-18;3-2(4,5)1(6)7/h6-12,15-16H,4-5,13-14H2,1-3H3,(H,25,31);(H,6,7). The lowest BCUT2D eigenvalue weighted by Gasteiger charge is -2.17. The average molecular weight is 532 g/mol. The zero-order chi connectivity index (χ0) is 27.9. The van der Waals surface area contributed by atoms with Gasteiger partial charge in [0.2, 0.25) is 0 Å². The zero-order valence-corrected chi connectivity index (χ0v) is 21.1. The molecule has 0 radical (unpaired) electrons. The summed E-state index contributed by atoms with van der Waals surface area (Å²) in [6, 6.07) is 10.0. The Labute approximate surface area is 216 Å². The molecule has 0 aliphatic heterocycles. The van der Waals surface area contributed by atoms with Crippen LogP contribution in [-0.2, 0) is 4.79 Å². The minimum Gasteiger partial charge on any atom is -0.475 e. The summed E-state index contributed by atoms with van der Waals surface area (Å²) >= 11 is 0. The van der Waals surface area contributed by atoms with E-state index in [0.717, 1.165) is 31.0 Å². The highest BCUT2D eigenvalue weighted by Crippen LogP contribution is 2.25. The SMILES string of the molecule is CCN(CC)CCNC(=O)c1nc(-c2ccnn2-c2ccc(C)cc2)n2ccncc12.O=C(O)C(F)(F)F. The summed E-state index contributed by atoms with van der Waals surface area (Å²) in [6.45, 7) is 9.56. The first-order chi connectivity index (χ1) is 18.1. The number of benzene rings is 1. The Morgan fingerprint density at radius 3 is 2.34 bits per heavy atom. The third kappa shape index (κ3) is 6.73. The summed E-state index contributed by atoms with van der Waals surface area (Å²) < 4.78 is 35.4. The maximum atomic E-state index is 12.9. The van der Waals surface area contributed by atoms with Crippen molar-refractivity contribution in [2.45, 2.75) is 26.9 Å². The van der Waals surface area contributed by atoms with Crippen LogP contribution in [0, 0.1) is 6.92 Å². The van der Waals surface area contributed by atoms with E-state index >= 15 is 0 Å². The van der Waals surface area contributed by atoms with E-state index < -0.39 is 12.1 Å². The number of nitrogens with zero attached hydrogens (tertiary/aromatic N) is 6. The predicted octanol–water partition coefficient (Wildman–Crippen LogP) is 3.60. The predicted molar refractivity (Wildman–Crippen MR) is 134 cm³/mol. The van der Waals surface area contributed by atoms with E-state index in [4.69, 9.17) is 14.9 Å². The van der Waals surface area contributed by atoms with Crippen LogP contribution in [0.25, 0.3) is 22.7 Å². The molecule has 2 N–H and O–H groups in total. The van der Waals surface area contributed by atoms with Gasteiger partial charge in [-0.3, -0.25) is 14.2 Å². The van der Waals surface area contributed by atoms with E-state index in [9.17, 15) is 18.0 Å². The molecule has 1 aromatic carbocycles. The highest BCUT2D eigenvalue weighted by molar-refractivity contribution is 5.99. The Morgan fingerprint density at radius 1 is 1.08 bits per heavy atom. The number of carbonyl (C=O) groups excluding carboxylic acids is 1. The molecule has 10 nitrogen and oxygen atoms in total. The molecule has 0 saturated carbocycles. The number of likely N-dealkylation sites (N-methyl/N-ethyl adjacent to an activating group) is 1. The van der Waals surface area contributed by atoms with Gasteiger partial charge in [-0.2, -0.15) is 18.3 Å². The molecular formula is C25H28F3N7O3. The fourth-order valence-corrected chi connectivity index (χ4v) is 3.60. The topological polar surface area (TPSA) is 118 Å². The second kappa shape index (κ2) is 12.3. The lowest BCUT2D eigenvalue weighted by Crippen LogP contribution is -2.35. The molecular weight excluding hydrogens is 503 g/mol. The number of carboxylic acids is 1. The first kappa shape index (κ1) is 28.3. The highest BCUT2D eigenvalue weighted by Gasteiger charge is 2.38. The summed E-state index contributed by atoms with van der Waals surface area (Å²) in [6.07, 6.45) is 1.83. The molecule has 0 saturated heterocycles. The van der Waals surface area contributed by atoms with Gasteiger partial charge in [-0.15, -0.1) is 0 Å². The van der Waals surface area contributed by atoms with E-state index in [0.29, 0.717) is 23.6 Å². The van der Waals surface area contributed by atoms with Crippen LogP contribution in [0.3, 0.4) is 0 Å². The molecule has 1 amide bonds. The second-order valence-electron chi connectivity index (χ2n) is 8.17. The monoisotopic (exact) mass is 531 g/mol. The lowest BCUT2D eigenvalue weighted by molar-refractivity contribution is -0.192. The van der Waals surface area contributed by atoms with Crippen molar-refractivity contribution < 1.29 is 27.9 Å². The molecule has 0 atom stereocenters. The molecule has 0 bridgehead atoms. The van der Waals surface area contributed by atoms with Gasteiger partial charge in [-0.1, -0.05) is 31.5 Å². The maximum Gasteiger partial charge on any atom is 0.490 e. The van der Waals surface area contributed by atoms with Gasteiger partial charge in [0, 0.05) is 25.5 Å². The molecule has 38 heavy (non-hydrogen) atoms. The van der Waals surface area contributed by atoms with E-state index in [1.807, 2.05) is 52.5 Å². The van der Waals surface area contributed by atoms with Crippen molar-refractivity contribution in [3.8, 4) is 17.2 Å². The molecule has 3 heterocycles. The van der Waals surface area contributed by atoms with Crippen molar-refractivity contribution in [2.75, 3.05) is 26.2 Å². The summed E-state index contributed by atoms with van der Waals surface area (Å²) in [4.78, 5) is 33.0. The van der Waals surface area contributed by atoms with Gasteiger partial charge in [0.25, 0.3) is 5.91 Å². The Hall–Kier alpha value is -4.26. The van der Waals surface area contributed by atoms with Gasteiger partial charge in [-0.05, 0) is 38.2 Å². The van der Waals surface area contributed by atoms with Gasteiger partial charge in [-0.25, -0.2) is 14.5 Å². The van der Waals surface area contributed by atoms with Crippen LogP contribution in [0.15, 0.2) is 55.1 Å². The van der Waals surface area contributed by atoms with Crippen LogP contribution in [0.2, 0.25) is 0 Å². The Kier molecular flexibility index (Phi) is 9.18. The lowest BCUT2D eigenvalue weighted by atomic mass is 10.2. The number of carbonyl (C=O) groups is 2. The summed E-state index contributed by atoms with van der Waals surface area (Å²) in [5.74, 6) is -2.32. The van der Waals surface area contributed by atoms with Crippen LogP contribution in [0.5, 0.6) is 0 Å². The van der Waals surface area contributed by atoms with Gasteiger partial charge in [0.05, 0.1) is 23.6 Å². The number of aliphatic carboxylic acids is 1. The fraction of sp³-hybridized carbons (Fsp3) is 0.320. The molecule has 0 fully saturated rings. The number of aromatic nitrogens is 5. The Morgan fingerprint density at radius 2 is 1.74 bits per heavy atom.